The lowest BCUT2D eigenvalue weighted by Crippen LogP contribution is -2.15. The number of sulfonamides is 1. The molecule has 0 aliphatic carbocycles. The van der Waals surface area contributed by atoms with Crippen molar-refractivity contribution in [3.05, 3.63) is 52.6 Å². The lowest BCUT2D eigenvalue weighted by atomic mass is 10.2. The van der Waals surface area contributed by atoms with E-state index in [9.17, 15) is 8.42 Å². The van der Waals surface area contributed by atoms with Crippen molar-refractivity contribution in [1.29, 1.82) is 0 Å². The zero-order valence-electron chi connectivity index (χ0n) is 9.88. The monoisotopic (exact) mass is 341 g/mol. The fraction of sp³-hybridized carbons (Fsp3) is 0.0833. The normalized spacial score (nSPS) is 11.3. The topological polar surface area (TPSA) is 85.1 Å². The Balaban J connectivity index is 2.39. The first-order valence-corrected chi connectivity index (χ1v) is 7.73. The van der Waals surface area contributed by atoms with Gasteiger partial charge in [0.1, 0.15) is 10.7 Å². The van der Waals surface area contributed by atoms with Crippen LogP contribution >= 0.6 is 15.9 Å². The molecule has 19 heavy (non-hydrogen) atoms. The molecule has 2 rings (SSSR count). The summed E-state index contributed by atoms with van der Waals surface area (Å²) >= 11 is 3.23. The molecule has 0 aliphatic rings. The number of pyridine rings is 1. The van der Waals surface area contributed by atoms with E-state index in [1.165, 1.54) is 12.3 Å². The third-order valence-electron chi connectivity index (χ3n) is 2.42. The Kier molecular flexibility index (Phi) is 4.18. The van der Waals surface area contributed by atoms with E-state index in [1.807, 2.05) is 0 Å². The standard InChI is InChI=1S/C12H12BrN3O2S/c13-10-5-4-9(8-14)7-11(10)19(17,18)16-12-3-1-2-6-15-12/h1-7H,8,14H2,(H,15,16). The van der Waals surface area contributed by atoms with Crippen LogP contribution in [0.25, 0.3) is 0 Å². The zero-order valence-corrected chi connectivity index (χ0v) is 12.3. The minimum Gasteiger partial charge on any atom is -0.326 e. The number of halogens is 1. The summed E-state index contributed by atoms with van der Waals surface area (Å²) in [4.78, 5) is 4.07. The molecule has 0 bridgehead atoms. The van der Waals surface area contributed by atoms with Crippen molar-refractivity contribution in [2.75, 3.05) is 4.72 Å². The molecule has 3 N–H and O–H groups in total. The smallest absolute Gasteiger partial charge is 0.264 e. The highest BCUT2D eigenvalue weighted by atomic mass is 79.9. The molecule has 0 amide bonds. The van der Waals surface area contributed by atoms with Gasteiger partial charge in [0.15, 0.2) is 0 Å². The van der Waals surface area contributed by atoms with E-state index in [1.54, 1.807) is 30.3 Å². The molecule has 100 valence electrons. The zero-order chi connectivity index (χ0) is 13.9. The van der Waals surface area contributed by atoms with Gasteiger partial charge in [0, 0.05) is 17.2 Å². The molecule has 0 fully saturated rings. The third kappa shape index (κ3) is 3.31. The fourth-order valence-electron chi connectivity index (χ4n) is 1.50. The van der Waals surface area contributed by atoms with Crippen LogP contribution in [0, 0.1) is 0 Å². The molecular weight excluding hydrogens is 330 g/mol. The molecule has 0 atom stereocenters. The second kappa shape index (κ2) is 5.68. The van der Waals surface area contributed by atoms with E-state index in [0.717, 1.165) is 5.56 Å². The number of nitrogens with one attached hydrogen (secondary N) is 1. The summed E-state index contributed by atoms with van der Waals surface area (Å²) < 4.78 is 27.4. The van der Waals surface area contributed by atoms with Crippen LogP contribution in [0.5, 0.6) is 0 Å². The van der Waals surface area contributed by atoms with Crippen LogP contribution < -0.4 is 10.5 Å². The molecule has 1 aromatic heterocycles. The van der Waals surface area contributed by atoms with Crippen molar-refractivity contribution in [3.63, 3.8) is 0 Å². The SMILES string of the molecule is NCc1ccc(Br)c(S(=O)(=O)Nc2ccccn2)c1. The predicted octanol–water partition coefficient (Wildman–Crippen LogP) is 2.10. The second-order valence-corrected chi connectivity index (χ2v) is 6.29. The van der Waals surface area contributed by atoms with E-state index in [0.29, 0.717) is 4.47 Å². The van der Waals surface area contributed by atoms with Crippen LogP contribution in [-0.4, -0.2) is 13.4 Å². The van der Waals surface area contributed by atoms with Gasteiger partial charge in [0.25, 0.3) is 10.0 Å². The Bertz CT molecular complexity index is 675. The molecule has 1 heterocycles. The van der Waals surface area contributed by atoms with Gasteiger partial charge in [0.2, 0.25) is 0 Å². The minimum atomic E-state index is -3.69. The van der Waals surface area contributed by atoms with Gasteiger partial charge in [-0.05, 0) is 45.8 Å². The van der Waals surface area contributed by atoms with Gasteiger partial charge in [-0.15, -0.1) is 0 Å². The van der Waals surface area contributed by atoms with Gasteiger partial charge in [-0.25, -0.2) is 13.4 Å². The van der Waals surface area contributed by atoms with Gasteiger partial charge < -0.3 is 5.73 Å². The average molecular weight is 342 g/mol. The highest BCUT2D eigenvalue weighted by Gasteiger charge is 2.18. The molecule has 0 spiro atoms. The molecule has 2 aromatic rings. The maximum absolute atomic E-state index is 12.3. The van der Waals surface area contributed by atoms with Crippen molar-refractivity contribution < 1.29 is 8.42 Å². The lowest BCUT2D eigenvalue weighted by Gasteiger charge is -2.10. The molecule has 0 aliphatic heterocycles. The Labute approximate surface area is 120 Å². The first-order chi connectivity index (χ1) is 9.03. The maximum atomic E-state index is 12.3. The van der Waals surface area contributed by atoms with Crippen LogP contribution in [-0.2, 0) is 16.6 Å². The van der Waals surface area contributed by atoms with Crippen LogP contribution in [0.3, 0.4) is 0 Å². The number of anilines is 1. The second-order valence-electron chi connectivity index (χ2n) is 3.79. The van der Waals surface area contributed by atoms with Crippen LogP contribution in [0.15, 0.2) is 52.0 Å². The van der Waals surface area contributed by atoms with E-state index in [-0.39, 0.29) is 17.3 Å². The number of nitrogens with two attached hydrogens (primary N) is 1. The van der Waals surface area contributed by atoms with Crippen molar-refractivity contribution in [2.45, 2.75) is 11.4 Å². The first kappa shape index (κ1) is 14.0. The largest absolute Gasteiger partial charge is 0.326 e. The Morgan fingerprint density at radius 2 is 2.05 bits per heavy atom. The quantitative estimate of drug-likeness (QED) is 0.891. The van der Waals surface area contributed by atoms with Gasteiger partial charge in [-0.1, -0.05) is 12.1 Å². The van der Waals surface area contributed by atoms with E-state index in [2.05, 4.69) is 25.6 Å². The number of rotatable bonds is 4. The number of hydrogen-bond acceptors (Lipinski definition) is 4. The Hall–Kier alpha value is -1.44. The van der Waals surface area contributed by atoms with Crippen molar-refractivity contribution >= 4 is 31.8 Å². The number of aromatic nitrogens is 1. The van der Waals surface area contributed by atoms with Gasteiger partial charge in [-0.3, -0.25) is 4.72 Å². The van der Waals surface area contributed by atoms with Crippen LogP contribution in [0.4, 0.5) is 5.82 Å². The molecule has 1 aromatic carbocycles. The van der Waals surface area contributed by atoms with Gasteiger partial charge in [-0.2, -0.15) is 0 Å². The summed E-state index contributed by atoms with van der Waals surface area (Å²) in [6.45, 7) is 0.277. The highest BCUT2D eigenvalue weighted by molar-refractivity contribution is 9.10. The number of nitrogens with zero attached hydrogens (tertiary/aromatic N) is 1. The minimum absolute atomic E-state index is 0.140. The van der Waals surface area contributed by atoms with Crippen LogP contribution in [0.1, 0.15) is 5.56 Å². The molecular formula is C12H12BrN3O2S. The molecule has 0 unspecified atom stereocenters. The number of benzene rings is 1. The van der Waals surface area contributed by atoms with Crippen molar-refractivity contribution in [1.82, 2.24) is 4.98 Å². The molecule has 0 radical (unpaired) electrons. The third-order valence-corrected chi connectivity index (χ3v) is 4.77. The maximum Gasteiger partial charge on any atom is 0.264 e. The summed E-state index contributed by atoms with van der Waals surface area (Å²) in [5.74, 6) is 0.271. The summed E-state index contributed by atoms with van der Waals surface area (Å²) in [5, 5.41) is 0. The van der Waals surface area contributed by atoms with E-state index in [4.69, 9.17) is 5.73 Å². The van der Waals surface area contributed by atoms with Gasteiger partial charge >= 0.3 is 0 Å². The number of hydrogen-bond donors (Lipinski definition) is 2. The Morgan fingerprint density at radius 1 is 1.26 bits per heavy atom. The molecule has 0 saturated carbocycles. The summed E-state index contributed by atoms with van der Waals surface area (Å²) in [7, 11) is -3.69. The molecule has 5 nitrogen and oxygen atoms in total. The summed E-state index contributed by atoms with van der Waals surface area (Å²) in [6, 6.07) is 9.96. The Morgan fingerprint density at radius 3 is 2.68 bits per heavy atom. The van der Waals surface area contributed by atoms with Crippen molar-refractivity contribution in [2.24, 2.45) is 5.73 Å². The van der Waals surface area contributed by atoms with Gasteiger partial charge in [0.05, 0.1) is 0 Å². The molecule has 0 saturated heterocycles. The predicted molar refractivity (Wildman–Crippen MR) is 77.1 cm³/mol. The fourth-order valence-corrected chi connectivity index (χ4v) is 3.52. The highest BCUT2D eigenvalue weighted by Crippen LogP contribution is 2.24. The first-order valence-electron chi connectivity index (χ1n) is 5.45. The molecule has 7 heteroatoms. The lowest BCUT2D eigenvalue weighted by molar-refractivity contribution is 0.600. The average Bonchev–Trinajstić information content (AvgIpc) is 2.39. The summed E-state index contributed by atoms with van der Waals surface area (Å²) in [6.07, 6.45) is 1.52. The summed E-state index contributed by atoms with van der Waals surface area (Å²) in [5.41, 5.74) is 6.26. The van der Waals surface area contributed by atoms with E-state index >= 15 is 0 Å². The van der Waals surface area contributed by atoms with Crippen LogP contribution in [0.2, 0.25) is 0 Å². The van der Waals surface area contributed by atoms with E-state index < -0.39 is 10.0 Å². The van der Waals surface area contributed by atoms with Crippen molar-refractivity contribution in [3.8, 4) is 0 Å².